The Bertz CT molecular complexity index is 688. The number of carbonyl (C=O) groups excluding carboxylic acids is 1. The van der Waals surface area contributed by atoms with Gasteiger partial charge in [-0.2, -0.15) is 0 Å². The average Bonchev–Trinajstić information content (AvgIpc) is 2.49. The van der Waals surface area contributed by atoms with E-state index in [0.717, 1.165) is 17.7 Å². The Balaban J connectivity index is 1.72. The van der Waals surface area contributed by atoms with Gasteiger partial charge in [-0.15, -0.1) is 0 Å². The van der Waals surface area contributed by atoms with Gasteiger partial charge in [0.1, 0.15) is 5.75 Å². The summed E-state index contributed by atoms with van der Waals surface area (Å²) in [5, 5.41) is 3.72. The van der Waals surface area contributed by atoms with Crippen molar-refractivity contribution in [1.29, 1.82) is 0 Å². The Morgan fingerprint density at radius 1 is 1.19 bits per heavy atom. The zero-order chi connectivity index (χ0) is 14.8. The molecule has 1 aliphatic heterocycles. The van der Waals surface area contributed by atoms with Crippen molar-refractivity contribution < 1.29 is 9.53 Å². The Hall–Kier alpha value is -1.71. The van der Waals surface area contributed by atoms with Crippen LogP contribution in [0.4, 0.5) is 5.69 Å². The zero-order valence-corrected chi connectivity index (χ0v) is 12.6. The Labute approximate surface area is 132 Å². The van der Waals surface area contributed by atoms with Gasteiger partial charge in [0.2, 0.25) is 0 Å². The minimum absolute atomic E-state index is 0.200. The summed E-state index contributed by atoms with van der Waals surface area (Å²) in [4.78, 5) is 12.3. The molecular formula is C16H13Cl2NO2. The van der Waals surface area contributed by atoms with Gasteiger partial charge in [0.25, 0.3) is 5.91 Å². The number of benzene rings is 2. The summed E-state index contributed by atoms with van der Waals surface area (Å²) in [7, 11) is 0. The fraction of sp³-hybridized carbons (Fsp3) is 0.188. The maximum Gasteiger partial charge on any atom is 0.265 e. The largest absolute Gasteiger partial charge is 0.480 e. The zero-order valence-electron chi connectivity index (χ0n) is 11.1. The number of carbonyl (C=O) groups is 1. The second-order valence-corrected chi connectivity index (χ2v) is 5.71. The summed E-state index contributed by atoms with van der Waals surface area (Å²) >= 11 is 11.9. The van der Waals surface area contributed by atoms with Crippen LogP contribution in [0.1, 0.15) is 12.0 Å². The Morgan fingerprint density at radius 2 is 2.00 bits per heavy atom. The minimum Gasteiger partial charge on any atom is -0.480 e. The lowest BCUT2D eigenvalue weighted by Crippen LogP contribution is -2.35. The van der Waals surface area contributed by atoms with Crippen LogP contribution in [0.25, 0.3) is 0 Å². The standard InChI is InChI=1S/C16H13Cl2NO2/c17-11-6-7-13(12(18)9-11)19-16(20)15-8-5-10-3-1-2-4-14(10)21-15/h1-4,6-7,9,15H,5,8H2,(H,19,20)/t15-/m1/s1. The van der Waals surface area contributed by atoms with E-state index in [1.54, 1.807) is 18.2 Å². The molecule has 0 unspecified atom stereocenters. The van der Waals surface area contributed by atoms with E-state index in [4.69, 9.17) is 27.9 Å². The van der Waals surface area contributed by atoms with Crippen LogP contribution >= 0.6 is 23.2 Å². The number of anilines is 1. The monoisotopic (exact) mass is 321 g/mol. The molecule has 0 spiro atoms. The third kappa shape index (κ3) is 3.14. The van der Waals surface area contributed by atoms with Crippen LogP contribution < -0.4 is 10.1 Å². The molecule has 0 bridgehead atoms. The summed E-state index contributed by atoms with van der Waals surface area (Å²) in [6.45, 7) is 0. The van der Waals surface area contributed by atoms with Crippen LogP contribution in [0.5, 0.6) is 5.75 Å². The topological polar surface area (TPSA) is 38.3 Å². The summed E-state index contributed by atoms with van der Waals surface area (Å²) < 4.78 is 5.75. The van der Waals surface area contributed by atoms with Crippen molar-refractivity contribution >= 4 is 34.8 Å². The maximum atomic E-state index is 12.3. The Kier molecular flexibility index (Phi) is 4.04. The molecule has 3 nitrogen and oxygen atoms in total. The fourth-order valence-electron chi connectivity index (χ4n) is 2.31. The summed E-state index contributed by atoms with van der Waals surface area (Å²) in [6.07, 6.45) is 0.961. The van der Waals surface area contributed by atoms with E-state index in [1.807, 2.05) is 24.3 Å². The first-order valence-corrected chi connectivity index (χ1v) is 7.39. The van der Waals surface area contributed by atoms with Gasteiger partial charge in [0.05, 0.1) is 10.7 Å². The van der Waals surface area contributed by atoms with Crippen LogP contribution in [0.15, 0.2) is 42.5 Å². The molecule has 2 aromatic rings. The van der Waals surface area contributed by atoms with Gasteiger partial charge in [-0.05, 0) is 42.7 Å². The molecule has 0 radical (unpaired) electrons. The highest BCUT2D eigenvalue weighted by Gasteiger charge is 2.26. The first-order valence-electron chi connectivity index (χ1n) is 6.64. The van der Waals surface area contributed by atoms with E-state index in [-0.39, 0.29) is 5.91 Å². The van der Waals surface area contributed by atoms with Gasteiger partial charge < -0.3 is 10.1 Å². The number of nitrogens with one attached hydrogen (secondary N) is 1. The summed E-state index contributed by atoms with van der Waals surface area (Å²) in [6, 6.07) is 12.7. The van der Waals surface area contributed by atoms with Gasteiger partial charge in [0.15, 0.2) is 6.10 Å². The highest BCUT2D eigenvalue weighted by molar-refractivity contribution is 6.36. The van der Waals surface area contributed by atoms with E-state index in [1.165, 1.54) is 0 Å². The number of ether oxygens (including phenoxy) is 1. The van der Waals surface area contributed by atoms with Crippen molar-refractivity contribution in [1.82, 2.24) is 0 Å². The van der Waals surface area contributed by atoms with Crippen LogP contribution in [0.2, 0.25) is 10.0 Å². The van der Waals surface area contributed by atoms with E-state index >= 15 is 0 Å². The lowest BCUT2D eigenvalue weighted by molar-refractivity contribution is -0.123. The predicted octanol–water partition coefficient (Wildman–Crippen LogP) is 4.33. The number of aryl methyl sites for hydroxylation is 1. The van der Waals surface area contributed by atoms with Crippen molar-refractivity contribution in [3.05, 3.63) is 58.1 Å². The quantitative estimate of drug-likeness (QED) is 0.894. The Morgan fingerprint density at radius 3 is 2.81 bits per heavy atom. The second kappa shape index (κ2) is 5.96. The van der Waals surface area contributed by atoms with Crippen molar-refractivity contribution in [2.45, 2.75) is 18.9 Å². The molecule has 0 saturated carbocycles. The van der Waals surface area contributed by atoms with Crippen molar-refractivity contribution in [2.75, 3.05) is 5.32 Å². The molecule has 21 heavy (non-hydrogen) atoms. The lowest BCUT2D eigenvalue weighted by atomic mass is 10.0. The number of para-hydroxylation sites is 1. The van der Waals surface area contributed by atoms with Gasteiger partial charge in [0, 0.05) is 5.02 Å². The third-order valence-electron chi connectivity index (χ3n) is 3.40. The number of halogens is 2. The fourth-order valence-corrected chi connectivity index (χ4v) is 2.77. The average molecular weight is 322 g/mol. The normalized spacial score (nSPS) is 16.8. The molecule has 2 aromatic carbocycles. The third-order valence-corrected chi connectivity index (χ3v) is 3.95. The van der Waals surface area contributed by atoms with Crippen molar-refractivity contribution in [3.8, 4) is 5.75 Å². The number of hydrogen-bond acceptors (Lipinski definition) is 2. The summed E-state index contributed by atoms with van der Waals surface area (Å²) in [5.74, 6) is 0.569. The number of hydrogen-bond donors (Lipinski definition) is 1. The maximum absolute atomic E-state index is 12.3. The van der Waals surface area contributed by atoms with Crippen LogP contribution in [-0.2, 0) is 11.2 Å². The van der Waals surface area contributed by atoms with Crippen molar-refractivity contribution in [2.24, 2.45) is 0 Å². The SMILES string of the molecule is O=C(Nc1ccc(Cl)cc1Cl)[C@H]1CCc2ccccc2O1. The predicted molar refractivity (Wildman–Crippen MR) is 84.3 cm³/mol. The molecule has 1 heterocycles. The molecular weight excluding hydrogens is 309 g/mol. The van der Waals surface area contributed by atoms with E-state index in [2.05, 4.69) is 5.32 Å². The molecule has 1 amide bonds. The molecule has 0 fully saturated rings. The van der Waals surface area contributed by atoms with Gasteiger partial charge in [-0.1, -0.05) is 41.4 Å². The van der Waals surface area contributed by atoms with Gasteiger partial charge >= 0.3 is 0 Å². The van der Waals surface area contributed by atoms with E-state index in [0.29, 0.717) is 22.2 Å². The first-order chi connectivity index (χ1) is 10.1. The van der Waals surface area contributed by atoms with E-state index < -0.39 is 6.10 Å². The van der Waals surface area contributed by atoms with Crippen molar-refractivity contribution in [3.63, 3.8) is 0 Å². The van der Waals surface area contributed by atoms with E-state index in [9.17, 15) is 4.79 Å². The highest BCUT2D eigenvalue weighted by Crippen LogP contribution is 2.29. The van der Waals surface area contributed by atoms with Crippen LogP contribution in [0, 0.1) is 0 Å². The molecule has 0 aliphatic carbocycles. The lowest BCUT2D eigenvalue weighted by Gasteiger charge is -2.25. The molecule has 0 saturated heterocycles. The van der Waals surface area contributed by atoms with Crippen LogP contribution in [0.3, 0.4) is 0 Å². The number of rotatable bonds is 2. The second-order valence-electron chi connectivity index (χ2n) is 4.87. The molecule has 1 N–H and O–H groups in total. The number of amides is 1. The minimum atomic E-state index is -0.508. The molecule has 1 aliphatic rings. The molecule has 0 aromatic heterocycles. The molecule has 1 atom stereocenters. The highest BCUT2D eigenvalue weighted by atomic mass is 35.5. The summed E-state index contributed by atoms with van der Waals surface area (Å²) in [5.41, 5.74) is 1.67. The molecule has 5 heteroatoms. The van der Waals surface area contributed by atoms with Gasteiger partial charge in [-0.25, -0.2) is 0 Å². The van der Waals surface area contributed by atoms with Gasteiger partial charge in [-0.3, -0.25) is 4.79 Å². The molecule has 108 valence electrons. The first kappa shape index (κ1) is 14.2. The van der Waals surface area contributed by atoms with Crippen LogP contribution in [-0.4, -0.2) is 12.0 Å². The number of fused-ring (bicyclic) bond motifs is 1. The molecule has 3 rings (SSSR count). The smallest absolute Gasteiger partial charge is 0.265 e.